The SMILES string of the molecule is CC(=O)N1CCN(c2ccc(C(=O)NC(C)C(=O)O)cc2[N+](=O)[O-])CC1. The van der Waals surface area contributed by atoms with Crippen LogP contribution < -0.4 is 10.2 Å². The number of carbonyl (C=O) groups excluding carboxylic acids is 2. The van der Waals surface area contributed by atoms with E-state index < -0.39 is 22.8 Å². The molecular formula is C16H20N4O6. The molecule has 26 heavy (non-hydrogen) atoms. The number of nitrogens with one attached hydrogen (secondary N) is 1. The molecule has 1 saturated heterocycles. The van der Waals surface area contributed by atoms with Crippen LogP contribution >= 0.6 is 0 Å². The standard InChI is InChI=1S/C16H20N4O6/c1-10(16(23)24)17-15(22)12-3-4-13(14(9-12)20(25)26)19-7-5-18(6-8-19)11(2)21/h3-4,9-10H,5-8H2,1-2H3,(H,17,22)(H,23,24). The van der Waals surface area contributed by atoms with Crippen LogP contribution in [0.15, 0.2) is 18.2 Å². The van der Waals surface area contributed by atoms with Crippen LogP contribution in [0, 0.1) is 10.1 Å². The second-order valence-corrected chi connectivity index (χ2v) is 5.99. The number of nitrogens with zero attached hydrogens (tertiary/aromatic N) is 3. The second kappa shape index (κ2) is 7.81. The lowest BCUT2D eigenvalue weighted by Gasteiger charge is -2.35. The zero-order valence-electron chi connectivity index (χ0n) is 14.5. The fourth-order valence-electron chi connectivity index (χ4n) is 2.68. The Morgan fingerprint density at radius 2 is 1.85 bits per heavy atom. The normalized spacial score (nSPS) is 15.3. The highest BCUT2D eigenvalue weighted by molar-refractivity contribution is 5.97. The number of hydrogen-bond acceptors (Lipinski definition) is 6. The second-order valence-electron chi connectivity index (χ2n) is 5.99. The molecule has 1 unspecified atom stereocenters. The lowest BCUT2D eigenvalue weighted by atomic mass is 10.1. The zero-order valence-corrected chi connectivity index (χ0v) is 14.5. The van der Waals surface area contributed by atoms with Gasteiger partial charge in [0, 0.05) is 44.7 Å². The van der Waals surface area contributed by atoms with Crippen LogP contribution in [-0.4, -0.2) is 64.9 Å². The summed E-state index contributed by atoms with van der Waals surface area (Å²) in [5, 5.41) is 22.5. The highest BCUT2D eigenvalue weighted by Crippen LogP contribution is 2.30. The number of carboxylic acids is 1. The van der Waals surface area contributed by atoms with Gasteiger partial charge in [0.25, 0.3) is 11.6 Å². The lowest BCUT2D eigenvalue weighted by Crippen LogP contribution is -2.48. The summed E-state index contributed by atoms with van der Waals surface area (Å²) in [5.41, 5.74) is 0.133. The quantitative estimate of drug-likeness (QED) is 0.573. The van der Waals surface area contributed by atoms with Gasteiger partial charge < -0.3 is 20.2 Å². The number of piperazine rings is 1. The summed E-state index contributed by atoms with van der Waals surface area (Å²) in [6.07, 6.45) is 0. The minimum atomic E-state index is -1.20. The number of nitro groups is 1. The Hall–Kier alpha value is -3.17. The van der Waals surface area contributed by atoms with Crippen molar-refractivity contribution in [3.63, 3.8) is 0 Å². The molecule has 0 bridgehead atoms. The molecule has 2 rings (SSSR count). The van der Waals surface area contributed by atoms with Crippen molar-refractivity contribution in [2.24, 2.45) is 0 Å². The van der Waals surface area contributed by atoms with Gasteiger partial charge in [0.2, 0.25) is 5.91 Å². The minimum absolute atomic E-state index is 0.0101. The van der Waals surface area contributed by atoms with Gasteiger partial charge in [-0.25, -0.2) is 0 Å². The molecule has 0 saturated carbocycles. The summed E-state index contributed by atoms with van der Waals surface area (Å²) in [6, 6.07) is 2.92. The Balaban J connectivity index is 2.22. The summed E-state index contributed by atoms with van der Waals surface area (Å²) < 4.78 is 0. The Kier molecular flexibility index (Phi) is 5.75. The van der Waals surface area contributed by atoms with Gasteiger partial charge >= 0.3 is 5.97 Å². The van der Waals surface area contributed by atoms with Gasteiger partial charge in [-0.3, -0.25) is 24.5 Å². The molecule has 0 aromatic heterocycles. The smallest absolute Gasteiger partial charge is 0.325 e. The molecule has 0 radical (unpaired) electrons. The molecule has 10 heteroatoms. The Morgan fingerprint density at radius 1 is 1.23 bits per heavy atom. The highest BCUT2D eigenvalue weighted by atomic mass is 16.6. The third-order valence-corrected chi connectivity index (χ3v) is 4.22. The lowest BCUT2D eigenvalue weighted by molar-refractivity contribution is -0.384. The number of amides is 2. The number of hydrogen-bond donors (Lipinski definition) is 2. The molecule has 1 heterocycles. The number of carbonyl (C=O) groups is 3. The first kappa shape index (κ1) is 19.2. The Bertz CT molecular complexity index is 742. The summed E-state index contributed by atoms with van der Waals surface area (Å²) in [6.45, 7) is 4.60. The van der Waals surface area contributed by atoms with Crippen molar-refractivity contribution in [2.45, 2.75) is 19.9 Å². The third kappa shape index (κ3) is 4.26. The van der Waals surface area contributed by atoms with Crippen molar-refractivity contribution in [3.05, 3.63) is 33.9 Å². The van der Waals surface area contributed by atoms with Crippen LogP contribution in [0.25, 0.3) is 0 Å². The average molecular weight is 364 g/mol. The molecule has 2 N–H and O–H groups in total. The van der Waals surface area contributed by atoms with E-state index in [1.165, 1.54) is 26.0 Å². The van der Waals surface area contributed by atoms with Crippen molar-refractivity contribution in [3.8, 4) is 0 Å². The van der Waals surface area contributed by atoms with Crippen molar-refractivity contribution in [2.75, 3.05) is 31.1 Å². The molecule has 1 fully saturated rings. The van der Waals surface area contributed by atoms with Crippen molar-refractivity contribution < 1.29 is 24.4 Å². The van der Waals surface area contributed by atoms with E-state index in [0.29, 0.717) is 31.9 Å². The summed E-state index contributed by atoms with van der Waals surface area (Å²) in [4.78, 5) is 48.6. The highest BCUT2D eigenvalue weighted by Gasteiger charge is 2.26. The van der Waals surface area contributed by atoms with Crippen LogP contribution in [0.3, 0.4) is 0 Å². The number of aliphatic carboxylic acids is 1. The van der Waals surface area contributed by atoms with Gasteiger partial charge in [-0.05, 0) is 19.1 Å². The summed E-state index contributed by atoms with van der Waals surface area (Å²) >= 11 is 0. The number of carboxylic acid groups (broad SMARTS) is 1. The predicted octanol–water partition coefficient (Wildman–Crippen LogP) is 0.466. The number of rotatable bonds is 5. The first-order chi connectivity index (χ1) is 12.2. The third-order valence-electron chi connectivity index (χ3n) is 4.22. The van der Waals surface area contributed by atoms with Crippen molar-refractivity contribution >= 4 is 29.2 Å². The van der Waals surface area contributed by atoms with Gasteiger partial charge in [0.15, 0.2) is 0 Å². The van der Waals surface area contributed by atoms with Gasteiger partial charge in [0.1, 0.15) is 11.7 Å². The molecule has 1 aliphatic heterocycles. The maximum Gasteiger partial charge on any atom is 0.325 e. The van der Waals surface area contributed by atoms with Gasteiger partial charge in [-0.2, -0.15) is 0 Å². The average Bonchev–Trinajstić information content (AvgIpc) is 2.61. The molecule has 1 aliphatic rings. The molecule has 1 atom stereocenters. The predicted molar refractivity (Wildman–Crippen MR) is 92.1 cm³/mol. The number of benzene rings is 1. The minimum Gasteiger partial charge on any atom is -0.480 e. The topological polar surface area (TPSA) is 133 Å². The van der Waals surface area contributed by atoms with Gasteiger partial charge in [0.05, 0.1) is 4.92 Å². The summed E-state index contributed by atoms with van der Waals surface area (Å²) in [5.74, 6) is -1.94. The Morgan fingerprint density at radius 3 is 2.35 bits per heavy atom. The zero-order chi connectivity index (χ0) is 19.4. The molecular weight excluding hydrogens is 344 g/mol. The molecule has 140 valence electrons. The van der Waals surface area contributed by atoms with Crippen LogP contribution in [-0.2, 0) is 9.59 Å². The van der Waals surface area contributed by atoms with Crippen molar-refractivity contribution in [1.82, 2.24) is 10.2 Å². The number of nitro benzene ring substituents is 1. The van der Waals surface area contributed by atoms with E-state index in [1.54, 1.807) is 9.80 Å². The maximum absolute atomic E-state index is 12.1. The first-order valence-electron chi connectivity index (χ1n) is 8.03. The van der Waals surface area contributed by atoms with E-state index >= 15 is 0 Å². The molecule has 0 aliphatic carbocycles. The molecule has 2 amide bonds. The van der Waals surface area contributed by atoms with Gasteiger partial charge in [-0.15, -0.1) is 0 Å². The molecule has 0 spiro atoms. The molecule has 1 aromatic rings. The fourth-order valence-corrected chi connectivity index (χ4v) is 2.68. The van der Waals surface area contributed by atoms with Crippen LogP contribution in [0.4, 0.5) is 11.4 Å². The van der Waals surface area contributed by atoms with Crippen LogP contribution in [0.1, 0.15) is 24.2 Å². The first-order valence-corrected chi connectivity index (χ1v) is 8.03. The maximum atomic E-state index is 12.1. The van der Waals surface area contributed by atoms with E-state index in [1.807, 2.05) is 0 Å². The number of anilines is 1. The van der Waals surface area contributed by atoms with Crippen LogP contribution in [0.2, 0.25) is 0 Å². The molecule has 10 nitrogen and oxygen atoms in total. The van der Waals surface area contributed by atoms with Crippen molar-refractivity contribution in [1.29, 1.82) is 0 Å². The van der Waals surface area contributed by atoms with E-state index in [-0.39, 0.29) is 17.2 Å². The Labute approximate surface area is 149 Å². The van der Waals surface area contributed by atoms with E-state index in [9.17, 15) is 24.5 Å². The monoisotopic (exact) mass is 364 g/mol. The summed E-state index contributed by atoms with van der Waals surface area (Å²) in [7, 11) is 0. The van der Waals surface area contributed by atoms with E-state index in [2.05, 4.69) is 5.32 Å². The molecule has 1 aromatic carbocycles. The van der Waals surface area contributed by atoms with Crippen LogP contribution in [0.5, 0.6) is 0 Å². The van der Waals surface area contributed by atoms with E-state index in [4.69, 9.17) is 5.11 Å². The largest absolute Gasteiger partial charge is 0.480 e. The van der Waals surface area contributed by atoms with Gasteiger partial charge in [-0.1, -0.05) is 0 Å². The fraction of sp³-hybridized carbons (Fsp3) is 0.438. The van der Waals surface area contributed by atoms with E-state index in [0.717, 1.165) is 6.07 Å².